The molecule has 2 aromatic rings. The van der Waals surface area contributed by atoms with Crippen molar-refractivity contribution in [2.45, 2.75) is 12.5 Å². The number of nitrogens with zero attached hydrogens (tertiary/aromatic N) is 2. The molecule has 1 fully saturated rings. The summed E-state index contributed by atoms with van der Waals surface area (Å²) in [4.78, 5) is 6.79. The van der Waals surface area contributed by atoms with Crippen LogP contribution in [0.25, 0.3) is 10.9 Å². The SMILES string of the molecule is CN(c1ccnc2ccccc12)C1CCNC1.Cl. The number of nitrogens with one attached hydrogen (secondary N) is 1. The smallest absolute Gasteiger partial charge is 0.0722 e. The number of aromatic nitrogens is 1. The summed E-state index contributed by atoms with van der Waals surface area (Å²) in [5, 5.41) is 4.65. The fraction of sp³-hybridized carbons (Fsp3) is 0.357. The van der Waals surface area contributed by atoms with Crippen molar-refractivity contribution in [3.05, 3.63) is 36.5 Å². The molecule has 1 unspecified atom stereocenters. The lowest BCUT2D eigenvalue weighted by molar-refractivity contribution is 0.687. The lowest BCUT2D eigenvalue weighted by Gasteiger charge is -2.27. The maximum absolute atomic E-state index is 4.41. The van der Waals surface area contributed by atoms with Gasteiger partial charge in [-0.05, 0) is 25.1 Å². The van der Waals surface area contributed by atoms with E-state index in [2.05, 4.69) is 46.5 Å². The molecule has 4 heteroatoms. The molecule has 0 spiro atoms. The van der Waals surface area contributed by atoms with Crippen molar-refractivity contribution in [1.29, 1.82) is 0 Å². The van der Waals surface area contributed by atoms with Gasteiger partial charge >= 0.3 is 0 Å². The van der Waals surface area contributed by atoms with Gasteiger partial charge in [0.2, 0.25) is 0 Å². The van der Waals surface area contributed by atoms with Crippen molar-refractivity contribution >= 4 is 29.0 Å². The number of anilines is 1. The maximum Gasteiger partial charge on any atom is 0.0722 e. The van der Waals surface area contributed by atoms with E-state index in [0.29, 0.717) is 6.04 Å². The molecule has 2 heterocycles. The molecule has 1 aliphatic heterocycles. The fourth-order valence-corrected chi connectivity index (χ4v) is 2.56. The predicted molar refractivity (Wildman–Crippen MR) is 78.7 cm³/mol. The second kappa shape index (κ2) is 5.55. The largest absolute Gasteiger partial charge is 0.370 e. The van der Waals surface area contributed by atoms with Crippen LogP contribution in [0.3, 0.4) is 0 Å². The highest BCUT2D eigenvalue weighted by Crippen LogP contribution is 2.26. The Kier molecular flexibility index (Phi) is 4.04. The number of hydrogen-bond acceptors (Lipinski definition) is 3. The molecular formula is C14H18ClN3. The number of halogens is 1. The number of para-hydroxylation sites is 1. The molecule has 1 aliphatic rings. The van der Waals surface area contributed by atoms with E-state index in [1.54, 1.807) is 0 Å². The Hall–Kier alpha value is -1.32. The van der Waals surface area contributed by atoms with Crippen LogP contribution in [0.4, 0.5) is 5.69 Å². The Morgan fingerprint density at radius 1 is 1.28 bits per heavy atom. The van der Waals surface area contributed by atoms with Crippen LogP contribution in [0.15, 0.2) is 36.5 Å². The highest BCUT2D eigenvalue weighted by molar-refractivity contribution is 5.91. The van der Waals surface area contributed by atoms with Gasteiger partial charge in [0.05, 0.1) is 5.52 Å². The van der Waals surface area contributed by atoms with Crippen molar-refractivity contribution in [1.82, 2.24) is 10.3 Å². The molecule has 0 aliphatic carbocycles. The summed E-state index contributed by atoms with van der Waals surface area (Å²) in [6, 6.07) is 11.0. The van der Waals surface area contributed by atoms with Crippen molar-refractivity contribution in [3.8, 4) is 0 Å². The van der Waals surface area contributed by atoms with Gasteiger partial charge in [0, 0.05) is 36.9 Å². The molecule has 96 valence electrons. The Morgan fingerprint density at radius 2 is 2.11 bits per heavy atom. The van der Waals surface area contributed by atoms with E-state index in [4.69, 9.17) is 0 Å². The highest BCUT2D eigenvalue weighted by atomic mass is 35.5. The quantitative estimate of drug-likeness (QED) is 0.902. The number of fused-ring (bicyclic) bond motifs is 1. The maximum atomic E-state index is 4.41. The van der Waals surface area contributed by atoms with Crippen molar-refractivity contribution in [2.24, 2.45) is 0 Å². The average molecular weight is 264 g/mol. The first-order chi connectivity index (χ1) is 8.36. The van der Waals surface area contributed by atoms with E-state index < -0.39 is 0 Å². The summed E-state index contributed by atoms with van der Waals surface area (Å²) in [6.45, 7) is 2.20. The summed E-state index contributed by atoms with van der Waals surface area (Å²) in [7, 11) is 2.18. The van der Waals surface area contributed by atoms with Crippen LogP contribution in [-0.4, -0.2) is 31.2 Å². The Balaban J connectivity index is 0.00000120. The van der Waals surface area contributed by atoms with Crippen LogP contribution in [-0.2, 0) is 0 Å². The van der Waals surface area contributed by atoms with Gasteiger partial charge in [0.25, 0.3) is 0 Å². The first kappa shape index (κ1) is 13.1. The van der Waals surface area contributed by atoms with Gasteiger partial charge in [-0.15, -0.1) is 12.4 Å². The van der Waals surface area contributed by atoms with Crippen LogP contribution in [0.1, 0.15) is 6.42 Å². The highest BCUT2D eigenvalue weighted by Gasteiger charge is 2.20. The summed E-state index contributed by atoms with van der Waals surface area (Å²) in [6.07, 6.45) is 3.11. The summed E-state index contributed by atoms with van der Waals surface area (Å²) in [5.41, 5.74) is 2.35. The van der Waals surface area contributed by atoms with Gasteiger partial charge < -0.3 is 10.2 Å². The van der Waals surface area contributed by atoms with Gasteiger partial charge in [0.1, 0.15) is 0 Å². The molecule has 18 heavy (non-hydrogen) atoms. The standard InChI is InChI=1S/C14H17N3.ClH/c1-17(11-6-8-15-10-11)14-7-9-16-13-5-3-2-4-12(13)14;/h2-5,7,9,11,15H,6,8,10H2,1H3;1H. The molecule has 0 saturated carbocycles. The van der Waals surface area contributed by atoms with Crippen molar-refractivity contribution in [2.75, 3.05) is 25.0 Å². The Bertz CT molecular complexity index is 518. The number of hydrogen-bond donors (Lipinski definition) is 1. The average Bonchev–Trinajstić information content (AvgIpc) is 2.91. The summed E-state index contributed by atoms with van der Waals surface area (Å²) >= 11 is 0. The predicted octanol–water partition coefficient (Wildman–Crippen LogP) is 2.45. The van der Waals surface area contributed by atoms with Gasteiger partial charge in [-0.3, -0.25) is 4.98 Å². The molecule has 3 rings (SSSR count). The van der Waals surface area contributed by atoms with E-state index in [1.165, 1.54) is 17.5 Å². The van der Waals surface area contributed by atoms with Crippen molar-refractivity contribution < 1.29 is 0 Å². The fourth-order valence-electron chi connectivity index (χ4n) is 2.56. The van der Waals surface area contributed by atoms with E-state index in [1.807, 2.05) is 12.3 Å². The van der Waals surface area contributed by atoms with Gasteiger partial charge in [-0.25, -0.2) is 0 Å². The molecule has 3 nitrogen and oxygen atoms in total. The molecule has 1 N–H and O–H groups in total. The van der Waals surface area contributed by atoms with Gasteiger partial charge in [0.15, 0.2) is 0 Å². The van der Waals surface area contributed by atoms with Crippen LogP contribution < -0.4 is 10.2 Å². The zero-order valence-corrected chi connectivity index (χ0v) is 11.3. The second-order valence-electron chi connectivity index (χ2n) is 4.60. The molecule has 1 aromatic heterocycles. The molecule has 1 saturated heterocycles. The van der Waals surface area contributed by atoms with Crippen LogP contribution in [0, 0.1) is 0 Å². The number of likely N-dealkylation sites (N-methyl/N-ethyl adjacent to an activating group) is 1. The van der Waals surface area contributed by atoms with E-state index in [0.717, 1.165) is 18.6 Å². The van der Waals surface area contributed by atoms with E-state index >= 15 is 0 Å². The normalized spacial score (nSPS) is 18.6. The first-order valence-electron chi connectivity index (χ1n) is 6.13. The third-order valence-electron chi connectivity index (χ3n) is 3.59. The summed E-state index contributed by atoms with van der Waals surface area (Å²) < 4.78 is 0. The number of rotatable bonds is 2. The minimum atomic E-state index is 0. The zero-order chi connectivity index (χ0) is 11.7. The number of benzene rings is 1. The van der Waals surface area contributed by atoms with Crippen LogP contribution in [0.2, 0.25) is 0 Å². The molecular weight excluding hydrogens is 246 g/mol. The molecule has 1 atom stereocenters. The first-order valence-corrected chi connectivity index (χ1v) is 6.13. The van der Waals surface area contributed by atoms with Crippen LogP contribution in [0.5, 0.6) is 0 Å². The third kappa shape index (κ3) is 2.28. The van der Waals surface area contributed by atoms with Gasteiger partial charge in [-0.2, -0.15) is 0 Å². The van der Waals surface area contributed by atoms with Gasteiger partial charge in [-0.1, -0.05) is 18.2 Å². The second-order valence-corrected chi connectivity index (χ2v) is 4.60. The molecule has 1 aromatic carbocycles. The Labute approximate surface area is 114 Å². The zero-order valence-electron chi connectivity index (χ0n) is 10.5. The van der Waals surface area contributed by atoms with E-state index in [-0.39, 0.29) is 12.4 Å². The van der Waals surface area contributed by atoms with E-state index in [9.17, 15) is 0 Å². The molecule has 0 bridgehead atoms. The molecule has 0 radical (unpaired) electrons. The molecule has 0 amide bonds. The summed E-state index contributed by atoms with van der Waals surface area (Å²) in [5.74, 6) is 0. The topological polar surface area (TPSA) is 28.2 Å². The van der Waals surface area contributed by atoms with Crippen molar-refractivity contribution in [3.63, 3.8) is 0 Å². The number of pyridine rings is 1. The lowest BCUT2D eigenvalue weighted by Crippen LogP contribution is -2.33. The Morgan fingerprint density at radius 3 is 2.89 bits per heavy atom. The lowest BCUT2D eigenvalue weighted by atomic mass is 10.1. The minimum Gasteiger partial charge on any atom is -0.370 e. The monoisotopic (exact) mass is 263 g/mol. The van der Waals surface area contributed by atoms with Crippen LogP contribution >= 0.6 is 12.4 Å². The minimum absolute atomic E-state index is 0. The third-order valence-corrected chi connectivity index (χ3v) is 3.59.